The predicted molar refractivity (Wildman–Crippen MR) is 81.8 cm³/mol. The normalized spacial score (nSPS) is 11.1. The van der Waals surface area contributed by atoms with Crippen LogP contribution in [0.25, 0.3) is 5.57 Å². The Balaban J connectivity index is 2.29. The summed E-state index contributed by atoms with van der Waals surface area (Å²) in [4.78, 5) is 11.3. The zero-order valence-corrected chi connectivity index (χ0v) is 12.1. The average molecular weight is 366 g/mol. The lowest BCUT2D eigenvalue weighted by atomic mass is 10.1. The van der Waals surface area contributed by atoms with E-state index in [0.29, 0.717) is 11.3 Å². The lowest BCUT2D eigenvalue weighted by molar-refractivity contribution is -0.130. The van der Waals surface area contributed by atoms with E-state index in [4.69, 9.17) is 4.74 Å². The van der Waals surface area contributed by atoms with Gasteiger partial charge in [-0.3, -0.25) is 0 Å². The summed E-state index contributed by atoms with van der Waals surface area (Å²) in [5, 5.41) is 9.22. The molecule has 0 saturated carbocycles. The van der Waals surface area contributed by atoms with Crippen molar-refractivity contribution in [3.63, 3.8) is 0 Å². The van der Waals surface area contributed by atoms with Gasteiger partial charge in [0.2, 0.25) is 0 Å². The fourth-order valence-electron chi connectivity index (χ4n) is 1.52. The number of ether oxygens (including phenoxy) is 1. The molecule has 0 aliphatic carbocycles. The number of carboxylic acid groups (broad SMARTS) is 1. The van der Waals surface area contributed by atoms with Crippen LogP contribution < -0.4 is 4.74 Å². The molecule has 0 amide bonds. The fourth-order valence-corrected chi connectivity index (χ4v) is 2.04. The first-order valence-corrected chi connectivity index (χ1v) is 6.66. The number of benzene rings is 2. The Bertz CT molecular complexity index is 606. The van der Waals surface area contributed by atoms with Crippen LogP contribution in [0, 0.1) is 3.57 Å². The van der Waals surface area contributed by atoms with Crippen LogP contribution >= 0.6 is 22.6 Å². The van der Waals surface area contributed by atoms with Crippen LogP contribution in [0.4, 0.5) is 0 Å². The van der Waals surface area contributed by atoms with Gasteiger partial charge in [0.15, 0.2) is 0 Å². The SMILES string of the molecule is O=C(O)C(=COc1ccccc1I)c1ccccc1. The fraction of sp³-hybridized carbons (Fsp3) is 0. The maximum absolute atomic E-state index is 11.3. The zero-order valence-electron chi connectivity index (χ0n) is 9.92. The Hall–Kier alpha value is -1.82. The van der Waals surface area contributed by atoms with E-state index in [1.54, 1.807) is 30.3 Å². The molecule has 2 aromatic carbocycles. The topological polar surface area (TPSA) is 46.5 Å². The molecule has 0 radical (unpaired) electrons. The highest BCUT2D eigenvalue weighted by molar-refractivity contribution is 14.1. The van der Waals surface area contributed by atoms with Crippen molar-refractivity contribution in [3.8, 4) is 5.75 Å². The molecule has 3 nitrogen and oxygen atoms in total. The predicted octanol–water partition coefficient (Wildman–Crippen LogP) is 3.80. The van der Waals surface area contributed by atoms with Crippen molar-refractivity contribution < 1.29 is 14.6 Å². The van der Waals surface area contributed by atoms with E-state index in [0.717, 1.165) is 3.57 Å². The van der Waals surface area contributed by atoms with Gasteiger partial charge in [0.1, 0.15) is 17.6 Å². The van der Waals surface area contributed by atoms with Gasteiger partial charge in [0.25, 0.3) is 0 Å². The van der Waals surface area contributed by atoms with Crippen LogP contribution in [0.2, 0.25) is 0 Å². The summed E-state index contributed by atoms with van der Waals surface area (Å²) >= 11 is 2.14. The molecule has 19 heavy (non-hydrogen) atoms. The van der Waals surface area contributed by atoms with E-state index in [9.17, 15) is 9.90 Å². The van der Waals surface area contributed by atoms with Crippen LogP contribution in [0.3, 0.4) is 0 Å². The lowest BCUT2D eigenvalue weighted by Gasteiger charge is -2.05. The zero-order chi connectivity index (χ0) is 13.7. The molecule has 0 aliphatic rings. The Morgan fingerprint density at radius 3 is 2.32 bits per heavy atom. The first-order valence-electron chi connectivity index (χ1n) is 5.58. The van der Waals surface area contributed by atoms with Crippen LogP contribution in [-0.2, 0) is 4.79 Å². The van der Waals surface area contributed by atoms with Gasteiger partial charge in [-0.25, -0.2) is 4.79 Å². The summed E-state index contributed by atoms with van der Waals surface area (Å²) in [5.41, 5.74) is 0.737. The minimum atomic E-state index is -1.02. The first kappa shape index (κ1) is 13.6. The highest BCUT2D eigenvalue weighted by Gasteiger charge is 2.10. The summed E-state index contributed by atoms with van der Waals surface area (Å²) in [6, 6.07) is 16.3. The van der Waals surface area contributed by atoms with Gasteiger partial charge in [0.05, 0.1) is 3.57 Å². The maximum Gasteiger partial charge on any atom is 0.339 e. The van der Waals surface area contributed by atoms with Crippen LogP contribution in [0.5, 0.6) is 5.75 Å². The Morgan fingerprint density at radius 2 is 1.68 bits per heavy atom. The second-order valence-electron chi connectivity index (χ2n) is 3.75. The molecule has 0 aliphatic heterocycles. The third-order valence-electron chi connectivity index (χ3n) is 2.46. The molecule has 2 rings (SSSR count). The monoisotopic (exact) mass is 366 g/mol. The minimum absolute atomic E-state index is 0.125. The van der Waals surface area contributed by atoms with E-state index in [2.05, 4.69) is 22.6 Å². The van der Waals surface area contributed by atoms with E-state index in [1.165, 1.54) is 6.26 Å². The van der Waals surface area contributed by atoms with Gasteiger partial charge in [-0.1, -0.05) is 42.5 Å². The van der Waals surface area contributed by atoms with Crippen LogP contribution in [0.15, 0.2) is 60.9 Å². The van der Waals surface area contributed by atoms with Gasteiger partial charge in [-0.15, -0.1) is 0 Å². The van der Waals surface area contributed by atoms with E-state index in [1.807, 2.05) is 24.3 Å². The highest BCUT2D eigenvalue weighted by atomic mass is 127. The molecular weight excluding hydrogens is 355 g/mol. The lowest BCUT2D eigenvalue weighted by Crippen LogP contribution is -2.01. The van der Waals surface area contributed by atoms with Crippen molar-refractivity contribution in [1.82, 2.24) is 0 Å². The summed E-state index contributed by atoms with van der Waals surface area (Å²) in [6.07, 6.45) is 1.27. The molecule has 0 fully saturated rings. The van der Waals surface area contributed by atoms with Crippen molar-refractivity contribution in [2.75, 3.05) is 0 Å². The number of hydrogen-bond donors (Lipinski definition) is 1. The standard InChI is InChI=1S/C15H11IO3/c16-13-8-4-5-9-14(13)19-10-12(15(17)18)11-6-2-1-3-7-11/h1-10H,(H,17,18). The van der Waals surface area contributed by atoms with Gasteiger partial charge in [-0.2, -0.15) is 0 Å². The van der Waals surface area contributed by atoms with Gasteiger partial charge < -0.3 is 9.84 Å². The maximum atomic E-state index is 11.3. The average Bonchev–Trinajstić information content (AvgIpc) is 2.42. The summed E-state index contributed by atoms with van der Waals surface area (Å²) in [6.45, 7) is 0. The second-order valence-corrected chi connectivity index (χ2v) is 4.91. The highest BCUT2D eigenvalue weighted by Crippen LogP contribution is 2.22. The number of carboxylic acids is 1. The molecule has 4 heteroatoms. The van der Waals surface area contributed by atoms with E-state index < -0.39 is 5.97 Å². The summed E-state index contributed by atoms with van der Waals surface area (Å²) in [5.74, 6) is -0.380. The molecule has 0 atom stereocenters. The molecule has 0 saturated heterocycles. The van der Waals surface area contributed by atoms with Gasteiger partial charge >= 0.3 is 5.97 Å². The third kappa shape index (κ3) is 3.57. The molecule has 0 aromatic heterocycles. The quantitative estimate of drug-likeness (QED) is 0.509. The molecule has 0 unspecified atom stereocenters. The molecule has 96 valence electrons. The molecule has 2 aromatic rings. The Morgan fingerprint density at radius 1 is 1.05 bits per heavy atom. The number of halogens is 1. The number of aliphatic carboxylic acids is 1. The molecule has 0 spiro atoms. The van der Waals surface area contributed by atoms with Crippen molar-refractivity contribution >= 4 is 34.1 Å². The van der Waals surface area contributed by atoms with Crippen molar-refractivity contribution in [1.29, 1.82) is 0 Å². The van der Waals surface area contributed by atoms with Crippen LogP contribution in [-0.4, -0.2) is 11.1 Å². The number of para-hydroxylation sites is 1. The summed E-state index contributed by atoms with van der Waals surface area (Å²) < 4.78 is 6.39. The number of hydrogen-bond acceptors (Lipinski definition) is 2. The van der Waals surface area contributed by atoms with Gasteiger partial charge in [-0.05, 0) is 40.3 Å². The second kappa shape index (κ2) is 6.38. The Kier molecular flexibility index (Phi) is 4.57. The van der Waals surface area contributed by atoms with Crippen molar-refractivity contribution in [2.45, 2.75) is 0 Å². The number of rotatable bonds is 4. The van der Waals surface area contributed by atoms with Crippen molar-refractivity contribution in [2.24, 2.45) is 0 Å². The molecular formula is C15H11IO3. The first-order chi connectivity index (χ1) is 9.18. The third-order valence-corrected chi connectivity index (χ3v) is 3.35. The molecule has 0 heterocycles. The van der Waals surface area contributed by atoms with E-state index in [-0.39, 0.29) is 5.57 Å². The minimum Gasteiger partial charge on any atom is -0.478 e. The molecule has 1 N–H and O–H groups in total. The number of carbonyl (C=O) groups is 1. The van der Waals surface area contributed by atoms with Gasteiger partial charge in [0, 0.05) is 0 Å². The Labute approximate surface area is 124 Å². The smallest absolute Gasteiger partial charge is 0.339 e. The molecule has 0 bridgehead atoms. The van der Waals surface area contributed by atoms with Crippen molar-refractivity contribution in [3.05, 3.63) is 70.0 Å². The van der Waals surface area contributed by atoms with Crippen LogP contribution in [0.1, 0.15) is 5.56 Å². The van der Waals surface area contributed by atoms with E-state index >= 15 is 0 Å². The largest absolute Gasteiger partial charge is 0.478 e. The summed E-state index contributed by atoms with van der Waals surface area (Å²) in [7, 11) is 0.